The molecule has 0 aliphatic carbocycles. The Balaban J connectivity index is 0.985. The van der Waals surface area contributed by atoms with Gasteiger partial charge < -0.3 is 50.0 Å². The summed E-state index contributed by atoms with van der Waals surface area (Å²) < 4.78 is 24.5. The zero-order chi connectivity index (χ0) is 50.0. The van der Waals surface area contributed by atoms with E-state index < -0.39 is 5.25 Å². The molecule has 2 unspecified atom stereocenters. The SMILES string of the molecule is CCC(CC)NC(=O)CCCSSC(C)C(=O)Nc1cc(COc2cc(NCC3Cc4ccccc4N3C)c(C=O)cc2OC)cc(COc2cc3c(cc2OC)C(=O)N2c4ccccc4C[C@H]2CN3)c1. The number of hydrogen-bond acceptors (Lipinski definition) is 13. The van der Waals surface area contributed by atoms with Gasteiger partial charge in [-0.2, -0.15) is 0 Å². The molecule has 16 heteroatoms. The molecule has 3 aliphatic rings. The summed E-state index contributed by atoms with van der Waals surface area (Å²) >= 11 is 0. The Labute approximate surface area is 424 Å². The van der Waals surface area contributed by atoms with E-state index in [4.69, 9.17) is 18.9 Å². The van der Waals surface area contributed by atoms with Crippen molar-refractivity contribution < 1.29 is 38.1 Å². The fourth-order valence-electron chi connectivity index (χ4n) is 9.41. The minimum absolute atomic E-state index is 0.0264. The zero-order valence-electron chi connectivity index (χ0n) is 41.3. The largest absolute Gasteiger partial charge is 0.493 e. The van der Waals surface area contributed by atoms with Crippen LogP contribution in [-0.2, 0) is 35.6 Å². The van der Waals surface area contributed by atoms with Crippen LogP contribution in [0.25, 0.3) is 0 Å². The van der Waals surface area contributed by atoms with Gasteiger partial charge in [-0.15, -0.1) is 0 Å². The minimum Gasteiger partial charge on any atom is -0.493 e. The number of carbonyl (C=O) groups is 4. The highest BCUT2D eigenvalue weighted by Crippen LogP contribution is 2.41. The standard InChI is InChI=1S/C55H64N6O8S2/c1-7-40(8-2)58-53(63)18-13-19-70-71-34(3)54(64)59-41-21-35(32-68-51-27-45(39(31-62)25-49(51)66-5)56-29-42-23-37-14-9-11-16-47(37)60(42)4)20-36(22-41)33-69-52-28-46-44(26-50(52)67-6)55(65)61-43(30-57-46)24-38-15-10-12-17-48(38)61/h9-12,14-17,20-22,25-28,31,34,40,42-43,56-57H,7-8,13,18-19,23-24,29-30,32-33H2,1-6H3,(H,58,63)(H,59,64)/t34?,42?,43-/m0/s1. The van der Waals surface area contributed by atoms with Gasteiger partial charge in [0, 0.05) is 78.8 Å². The van der Waals surface area contributed by atoms with Crippen LogP contribution < -0.4 is 50.0 Å². The van der Waals surface area contributed by atoms with Crippen LogP contribution >= 0.6 is 21.6 Å². The van der Waals surface area contributed by atoms with E-state index in [1.54, 1.807) is 36.1 Å². The Morgan fingerprint density at radius 3 is 2.18 bits per heavy atom. The number of nitrogens with one attached hydrogen (secondary N) is 4. The van der Waals surface area contributed by atoms with Crippen molar-refractivity contribution in [1.29, 1.82) is 0 Å². The van der Waals surface area contributed by atoms with Crippen molar-refractivity contribution in [3.8, 4) is 23.0 Å². The molecule has 3 heterocycles. The normalized spacial score (nSPS) is 15.9. The predicted octanol–water partition coefficient (Wildman–Crippen LogP) is 9.94. The number of rotatable bonds is 23. The van der Waals surface area contributed by atoms with Crippen LogP contribution in [0, 0.1) is 0 Å². The van der Waals surface area contributed by atoms with Gasteiger partial charge >= 0.3 is 0 Å². The van der Waals surface area contributed by atoms with Gasteiger partial charge in [0.25, 0.3) is 5.91 Å². The van der Waals surface area contributed by atoms with E-state index in [9.17, 15) is 19.2 Å². The van der Waals surface area contributed by atoms with Crippen molar-refractivity contribution in [1.82, 2.24) is 5.32 Å². The van der Waals surface area contributed by atoms with Crippen molar-refractivity contribution in [2.24, 2.45) is 0 Å². The highest BCUT2D eigenvalue weighted by Gasteiger charge is 2.38. The van der Waals surface area contributed by atoms with Crippen LogP contribution in [0.5, 0.6) is 23.0 Å². The Kier molecular flexibility index (Phi) is 16.9. The molecule has 3 amide bonds. The third kappa shape index (κ3) is 12.0. The molecule has 14 nitrogen and oxygen atoms in total. The van der Waals surface area contributed by atoms with Crippen molar-refractivity contribution in [3.63, 3.8) is 0 Å². The topological polar surface area (TPSA) is 160 Å². The van der Waals surface area contributed by atoms with Gasteiger partial charge in [-0.25, -0.2) is 0 Å². The Hall–Kier alpha value is -6.52. The lowest BCUT2D eigenvalue weighted by molar-refractivity contribution is -0.122. The first-order chi connectivity index (χ1) is 34.5. The van der Waals surface area contributed by atoms with Crippen LogP contribution in [-0.4, -0.2) is 87.5 Å². The molecular weight excluding hydrogens is 937 g/mol. The minimum atomic E-state index is -0.397. The summed E-state index contributed by atoms with van der Waals surface area (Å²) in [7, 11) is 8.21. The first-order valence-electron chi connectivity index (χ1n) is 24.4. The summed E-state index contributed by atoms with van der Waals surface area (Å²) in [5.41, 5.74) is 8.83. The highest BCUT2D eigenvalue weighted by atomic mass is 33.1. The molecule has 0 radical (unpaired) electrons. The molecule has 3 atom stereocenters. The lowest BCUT2D eigenvalue weighted by atomic mass is 10.1. The van der Waals surface area contributed by atoms with E-state index >= 15 is 0 Å². The molecule has 5 aromatic rings. The lowest BCUT2D eigenvalue weighted by Gasteiger charge is -2.24. The smallest absolute Gasteiger partial charge is 0.260 e. The van der Waals surface area contributed by atoms with E-state index in [0.717, 1.165) is 60.1 Å². The van der Waals surface area contributed by atoms with Crippen molar-refractivity contribution in [2.75, 3.05) is 65.9 Å². The highest BCUT2D eigenvalue weighted by molar-refractivity contribution is 8.77. The van der Waals surface area contributed by atoms with Gasteiger partial charge in [-0.1, -0.05) is 71.8 Å². The predicted molar refractivity (Wildman–Crippen MR) is 286 cm³/mol. The molecule has 0 aromatic heterocycles. The van der Waals surface area contributed by atoms with Gasteiger partial charge in [-0.05, 0) is 104 Å². The van der Waals surface area contributed by atoms with E-state index in [2.05, 4.69) is 71.3 Å². The number of benzene rings is 5. The second kappa shape index (κ2) is 23.6. The number of fused-ring (bicyclic) bond motifs is 5. The second-order valence-electron chi connectivity index (χ2n) is 18.1. The molecular formula is C55H64N6O8S2. The summed E-state index contributed by atoms with van der Waals surface area (Å²) in [5, 5.41) is 12.8. The van der Waals surface area contributed by atoms with Crippen LogP contribution in [0.4, 0.5) is 28.4 Å². The molecule has 374 valence electrons. The number of nitrogens with zero attached hydrogens (tertiary/aromatic N) is 2. The number of hydrogen-bond donors (Lipinski definition) is 4. The van der Waals surface area contributed by atoms with Crippen LogP contribution in [0.2, 0.25) is 0 Å². The summed E-state index contributed by atoms with van der Waals surface area (Å²) in [5.74, 6) is 2.21. The molecule has 5 aromatic carbocycles. The van der Waals surface area contributed by atoms with E-state index in [1.165, 1.54) is 29.2 Å². The Morgan fingerprint density at radius 1 is 0.845 bits per heavy atom. The second-order valence-corrected chi connectivity index (χ2v) is 21.0. The van der Waals surface area contributed by atoms with Crippen LogP contribution in [0.15, 0.2) is 91.0 Å². The average Bonchev–Trinajstić information content (AvgIpc) is 3.89. The van der Waals surface area contributed by atoms with Gasteiger partial charge in [-0.3, -0.25) is 19.2 Å². The molecule has 3 aliphatic heterocycles. The van der Waals surface area contributed by atoms with Crippen molar-refractivity contribution in [2.45, 2.75) is 95.9 Å². The lowest BCUT2D eigenvalue weighted by Crippen LogP contribution is -2.39. The number of amides is 3. The summed E-state index contributed by atoms with van der Waals surface area (Å²) in [6.07, 6.45) is 5.43. The quantitative estimate of drug-likeness (QED) is 0.0279. The summed E-state index contributed by atoms with van der Waals surface area (Å²) in [6, 6.07) is 29.5. The molecule has 8 rings (SSSR count). The molecule has 4 N–H and O–H groups in total. The Bertz CT molecular complexity index is 2730. The summed E-state index contributed by atoms with van der Waals surface area (Å²) in [6.45, 7) is 7.36. The third-order valence-corrected chi connectivity index (χ3v) is 16.3. The maximum Gasteiger partial charge on any atom is 0.260 e. The molecule has 0 saturated carbocycles. The maximum atomic E-state index is 14.1. The molecule has 71 heavy (non-hydrogen) atoms. The Morgan fingerprint density at radius 2 is 1.51 bits per heavy atom. The van der Waals surface area contributed by atoms with Gasteiger partial charge in [0.05, 0.1) is 42.8 Å². The van der Waals surface area contributed by atoms with Gasteiger partial charge in [0.2, 0.25) is 11.8 Å². The number of aldehydes is 1. The molecule has 0 spiro atoms. The number of likely N-dealkylation sites (N-methyl/N-ethyl adjacent to an activating group) is 1. The van der Waals surface area contributed by atoms with Gasteiger partial charge in [0.15, 0.2) is 29.3 Å². The zero-order valence-corrected chi connectivity index (χ0v) is 42.9. The molecule has 0 bridgehead atoms. The monoisotopic (exact) mass is 1000 g/mol. The van der Waals surface area contributed by atoms with Crippen LogP contribution in [0.3, 0.4) is 0 Å². The number of methoxy groups -OCH3 is 2. The maximum absolute atomic E-state index is 14.1. The number of carbonyl (C=O) groups excluding carboxylic acids is 4. The molecule has 0 fully saturated rings. The number of para-hydroxylation sites is 2. The average molecular weight is 1000 g/mol. The fraction of sp³-hybridized carbons (Fsp3) is 0.382. The fourth-order valence-corrected chi connectivity index (χ4v) is 11.6. The summed E-state index contributed by atoms with van der Waals surface area (Å²) in [4.78, 5) is 56.7. The van der Waals surface area contributed by atoms with E-state index in [1.807, 2.05) is 60.4 Å². The van der Waals surface area contributed by atoms with E-state index in [-0.39, 0.29) is 49.1 Å². The van der Waals surface area contributed by atoms with Crippen molar-refractivity contribution >= 4 is 74.0 Å². The van der Waals surface area contributed by atoms with Crippen molar-refractivity contribution in [3.05, 3.63) is 124 Å². The molecule has 0 saturated heterocycles. The first kappa shape index (κ1) is 50.9. The van der Waals surface area contributed by atoms with Crippen LogP contribution in [0.1, 0.15) is 89.4 Å². The first-order valence-corrected chi connectivity index (χ1v) is 26.7. The third-order valence-electron chi connectivity index (χ3n) is 13.4. The number of ether oxygens (including phenoxy) is 4. The van der Waals surface area contributed by atoms with Gasteiger partial charge in [0.1, 0.15) is 13.2 Å². The number of anilines is 5. The van der Waals surface area contributed by atoms with E-state index in [0.29, 0.717) is 77.1 Å².